The number of carbonyl (C=O) groups excluding carboxylic acids is 2. The molecule has 192 valence electrons. The summed E-state index contributed by atoms with van der Waals surface area (Å²) in [5, 5.41) is 6.40. The van der Waals surface area contributed by atoms with Crippen LogP contribution in [0.4, 0.5) is 0 Å². The van der Waals surface area contributed by atoms with E-state index in [2.05, 4.69) is 12.1 Å². The molecule has 0 spiro atoms. The first-order valence-corrected chi connectivity index (χ1v) is 12.5. The van der Waals surface area contributed by atoms with Crippen LogP contribution >= 0.6 is 0 Å². The third-order valence-corrected chi connectivity index (χ3v) is 6.83. The van der Waals surface area contributed by atoms with Gasteiger partial charge in [-0.15, -0.1) is 0 Å². The number of aryl methyl sites for hydroxylation is 1. The Balaban J connectivity index is 1.59. The molecule has 2 aliphatic heterocycles. The maximum atomic E-state index is 13.6. The molecule has 0 radical (unpaired) electrons. The Morgan fingerprint density at radius 1 is 1.08 bits per heavy atom. The summed E-state index contributed by atoms with van der Waals surface area (Å²) in [7, 11) is 3.23. The lowest BCUT2D eigenvalue weighted by Crippen LogP contribution is -2.44. The second kappa shape index (κ2) is 11.6. The van der Waals surface area contributed by atoms with Crippen LogP contribution in [0.3, 0.4) is 0 Å². The molecule has 0 aromatic heterocycles. The highest BCUT2D eigenvalue weighted by Crippen LogP contribution is 2.39. The molecule has 2 aromatic carbocycles. The van der Waals surface area contributed by atoms with Crippen LogP contribution in [-0.4, -0.2) is 68.0 Å². The average Bonchev–Trinajstić information content (AvgIpc) is 3.34. The van der Waals surface area contributed by atoms with Crippen LogP contribution in [0, 0.1) is 12.8 Å². The number of hydrogen-bond acceptors (Lipinski definition) is 7. The largest absolute Gasteiger partial charge is 0.497 e. The number of ether oxygens (including phenoxy) is 3. The molecular weight excluding hydrogens is 458 g/mol. The molecule has 0 unspecified atom stereocenters. The van der Waals surface area contributed by atoms with Crippen LogP contribution in [0.25, 0.3) is 0 Å². The monoisotopic (exact) mass is 493 g/mol. The first-order chi connectivity index (χ1) is 17.4. The maximum absolute atomic E-state index is 13.6. The van der Waals surface area contributed by atoms with Gasteiger partial charge in [0, 0.05) is 24.6 Å². The zero-order valence-electron chi connectivity index (χ0n) is 21.5. The van der Waals surface area contributed by atoms with E-state index in [-0.39, 0.29) is 30.4 Å². The van der Waals surface area contributed by atoms with Gasteiger partial charge in [0.1, 0.15) is 11.5 Å². The predicted molar refractivity (Wildman–Crippen MR) is 137 cm³/mol. The van der Waals surface area contributed by atoms with E-state index >= 15 is 0 Å². The molecule has 1 amide bonds. The fourth-order valence-corrected chi connectivity index (χ4v) is 4.91. The van der Waals surface area contributed by atoms with Crippen LogP contribution in [0.1, 0.15) is 48.9 Å². The summed E-state index contributed by atoms with van der Waals surface area (Å²) in [5.41, 5.74) is 3.89. The molecule has 2 atom stereocenters. The van der Waals surface area contributed by atoms with Crippen molar-refractivity contribution < 1.29 is 23.8 Å². The second-order valence-corrected chi connectivity index (χ2v) is 9.31. The van der Waals surface area contributed by atoms with Crippen LogP contribution in [0.5, 0.6) is 11.5 Å². The Hall–Kier alpha value is -3.39. The van der Waals surface area contributed by atoms with Crippen molar-refractivity contribution in [2.45, 2.75) is 39.2 Å². The normalized spacial score (nSPS) is 20.1. The van der Waals surface area contributed by atoms with Gasteiger partial charge in [-0.05, 0) is 50.9 Å². The van der Waals surface area contributed by atoms with Crippen molar-refractivity contribution in [3.05, 3.63) is 59.2 Å². The van der Waals surface area contributed by atoms with Gasteiger partial charge in [-0.2, -0.15) is 5.10 Å². The highest BCUT2D eigenvalue weighted by Gasteiger charge is 2.36. The molecule has 1 fully saturated rings. The number of nitrogens with zero attached hydrogens (tertiary/aromatic N) is 3. The summed E-state index contributed by atoms with van der Waals surface area (Å²) in [4.78, 5) is 28.0. The molecule has 0 N–H and O–H groups in total. The predicted octanol–water partition coefficient (Wildman–Crippen LogP) is 3.97. The van der Waals surface area contributed by atoms with E-state index in [1.54, 1.807) is 19.2 Å². The molecule has 4 rings (SSSR count). The first-order valence-electron chi connectivity index (χ1n) is 12.5. The van der Waals surface area contributed by atoms with E-state index in [0.717, 1.165) is 36.2 Å². The number of hydrogen-bond donors (Lipinski definition) is 0. The first kappa shape index (κ1) is 25.7. The number of piperidine rings is 1. The molecule has 36 heavy (non-hydrogen) atoms. The molecule has 2 aromatic rings. The number of esters is 1. The number of benzene rings is 2. The molecule has 8 heteroatoms. The summed E-state index contributed by atoms with van der Waals surface area (Å²) in [6, 6.07) is 13.5. The summed E-state index contributed by atoms with van der Waals surface area (Å²) >= 11 is 0. The highest BCUT2D eigenvalue weighted by molar-refractivity contribution is 6.03. The SMILES string of the molecule is CCOC(=O)[C@@H]1CCCN(CC(=O)N2N=C(c3ccc(C)cc3)C[C@@H]2c2ccc(OC)cc2OC)C1. The fourth-order valence-electron chi connectivity index (χ4n) is 4.91. The minimum atomic E-state index is -0.305. The van der Waals surface area contributed by atoms with Gasteiger partial charge in [-0.3, -0.25) is 14.5 Å². The van der Waals surface area contributed by atoms with Crippen LogP contribution in [-0.2, 0) is 14.3 Å². The molecule has 1 saturated heterocycles. The van der Waals surface area contributed by atoms with Crippen molar-refractivity contribution in [3.63, 3.8) is 0 Å². The Labute approximate surface area is 212 Å². The van der Waals surface area contributed by atoms with Crippen molar-refractivity contribution in [1.82, 2.24) is 9.91 Å². The van der Waals surface area contributed by atoms with E-state index in [1.807, 2.05) is 49.1 Å². The minimum absolute atomic E-state index is 0.107. The Bertz CT molecular complexity index is 1110. The number of carbonyl (C=O) groups is 2. The van der Waals surface area contributed by atoms with Crippen LogP contribution < -0.4 is 9.47 Å². The molecule has 8 nitrogen and oxygen atoms in total. The summed E-state index contributed by atoms with van der Waals surface area (Å²) in [6.45, 7) is 5.69. The van der Waals surface area contributed by atoms with E-state index in [1.165, 1.54) is 5.56 Å². The van der Waals surface area contributed by atoms with E-state index in [4.69, 9.17) is 19.3 Å². The topological polar surface area (TPSA) is 80.7 Å². The van der Waals surface area contributed by atoms with Crippen LogP contribution in [0.15, 0.2) is 47.6 Å². The van der Waals surface area contributed by atoms with Gasteiger partial charge < -0.3 is 14.2 Å². The second-order valence-electron chi connectivity index (χ2n) is 9.31. The summed E-state index contributed by atoms with van der Waals surface area (Å²) in [5.74, 6) is 0.845. The molecule has 0 bridgehead atoms. The van der Waals surface area contributed by atoms with Crippen LogP contribution in [0.2, 0.25) is 0 Å². The number of amides is 1. The Kier molecular flexibility index (Phi) is 8.25. The smallest absolute Gasteiger partial charge is 0.310 e. The van der Waals surface area contributed by atoms with Gasteiger partial charge in [0.05, 0.1) is 45.0 Å². The molecule has 0 saturated carbocycles. The lowest BCUT2D eigenvalue weighted by Gasteiger charge is -2.32. The fraction of sp³-hybridized carbons (Fsp3) is 0.464. The maximum Gasteiger partial charge on any atom is 0.310 e. The van der Waals surface area contributed by atoms with Crippen molar-refractivity contribution >= 4 is 17.6 Å². The lowest BCUT2D eigenvalue weighted by molar-refractivity contribution is -0.150. The van der Waals surface area contributed by atoms with Gasteiger partial charge in [0.25, 0.3) is 5.91 Å². The van der Waals surface area contributed by atoms with Gasteiger partial charge in [-0.25, -0.2) is 5.01 Å². The van der Waals surface area contributed by atoms with Gasteiger partial charge >= 0.3 is 5.97 Å². The van der Waals surface area contributed by atoms with E-state index in [9.17, 15) is 9.59 Å². The quantitative estimate of drug-likeness (QED) is 0.518. The van der Waals surface area contributed by atoms with Crippen molar-refractivity contribution in [2.24, 2.45) is 11.0 Å². The number of hydrazone groups is 1. The van der Waals surface area contributed by atoms with E-state index in [0.29, 0.717) is 31.1 Å². The molecule has 2 heterocycles. The lowest BCUT2D eigenvalue weighted by atomic mass is 9.96. The average molecular weight is 494 g/mol. The zero-order chi connectivity index (χ0) is 25.7. The summed E-state index contributed by atoms with van der Waals surface area (Å²) in [6.07, 6.45) is 2.21. The van der Waals surface area contributed by atoms with Gasteiger partial charge in [-0.1, -0.05) is 29.8 Å². The number of likely N-dealkylation sites (tertiary alicyclic amines) is 1. The zero-order valence-corrected chi connectivity index (χ0v) is 21.5. The highest BCUT2D eigenvalue weighted by atomic mass is 16.5. The summed E-state index contributed by atoms with van der Waals surface area (Å²) < 4.78 is 16.2. The number of rotatable bonds is 8. The molecule has 2 aliphatic rings. The number of methoxy groups -OCH3 is 2. The molecule has 0 aliphatic carbocycles. The van der Waals surface area contributed by atoms with Crippen molar-refractivity contribution in [2.75, 3.05) is 40.5 Å². The van der Waals surface area contributed by atoms with E-state index < -0.39 is 0 Å². The third kappa shape index (κ3) is 5.70. The Morgan fingerprint density at radius 2 is 1.86 bits per heavy atom. The van der Waals surface area contributed by atoms with Gasteiger partial charge in [0.15, 0.2) is 0 Å². The third-order valence-electron chi connectivity index (χ3n) is 6.83. The van der Waals surface area contributed by atoms with Crippen molar-refractivity contribution in [1.29, 1.82) is 0 Å². The molecular formula is C28H35N3O5. The Morgan fingerprint density at radius 3 is 2.56 bits per heavy atom. The van der Waals surface area contributed by atoms with Crippen molar-refractivity contribution in [3.8, 4) is 11.5 Å². The minimum Gasteiger partial charge on any atom is -0.497 e. The standard InChI is InChI=1S/C28H35N3O5/c1-5-36-28(33)21-7-6-14-30(17-21)18-27(32)31-25(23-13-12-22(34-3)15-26(23)35-4)16-24(29-31)20-10-8-19(2)9-11-20/h8-13,15,21,25H,5-7,14,16-18H2,1-4H3/t21-,25-/m1/s1. The van der Waals surface area contributed by atoms with Gasteiger partial charge in [0.2, 0.25) is 0 Å².